The Bertz CT molecular complexity index is 1980. The smallest absolute Gasteiger partial charge is 0.306 e. The fourth-order valence-corrected chi connectivity index (χ4v) is 10.5. The molecule has 0 spiro atoms. The Hall–Kier alpha value is -4.00. The molecule has 0 saturated heterocycles. The molecule has 5 aliphatic carbocycles. The van der Waals surface area contributed by atoms with Crippen LogP contribution in [0.3, 0.4) is 0 Å². The van der Waals surface area contributed by atoms with E-state index in [0.29, 0.717) is 42.8 Å². The van der Waals surface area contributed by atoms with Gasteiger partial charge in [-0.25, -0.2) is 0 Å². The average molecular weight is 763 g/mol. The summed E-state index contributed by atoms with van der Waals surface area (Å²) < 4.78 is 18.5. The number of esters is 1. The van der Waals surface area contributed by atoms with Gasteiger partial charge in [0.25, 0.3) is 0 Å². The third kappa shape index (κ3) is 8.20. The third-order valence-electron chi connectivity index (χ3n) is 13.9. The number of hydrogen-bond donors (Lipinski definition) is 0. The largest absolute Gasteiger partial charge is 0.497 e. The standard InChI is InChI=1S/C49H62O7/c1-10-35-25-49(35,29(5)50)26-44(51)41-22-38(23-42(41)47(53)43(48(6,7)8)24-46(52)56-37-18-31-16-32(31)19-37)55-45-21-34(17-33-20-36(54-9)11-12-39(33)45)40-15-30(13-27(2)3)14-28(40)4/h10-12,15,17,20-21,27,31-32,35,37-38,41-43H,1,13-14,16,18-19,22-26H2,2-9H3. The summed E-state index contributed by atoms with van der Waals surface area (Å²) in [5, 5.41) is 1.91. The van der Waals surface area contributed by atoms with Gasteiger partial charge in [-0.3, -0.25) is 19.2 Å². The predicted molar refractivity (Wildman–Crippen MR) is 220 cm³/mol. The molecule has 2 aromatic carbocycles. The number of hydrogen-bond acceptors (Lipinski definition) is 7. The van der Waals surface area contributed by atoms with Crippen LogP contribution < -0.4 is 9.47 Å². The van der Waals surface area contributed by atoms with Crippen LogP contribution in [0.1, 0.15) is 118 Å². The zero-order valence-electron chi connectivity index (χ0n) is 34.9. The van der Waals surface area contributed by atoms with Gasteiger partial charge in [-0.15, -0.1) is 6.58 Å². The van der Waals surface area contributed by atoms with Crippen molar-refractivity contribution in [2.24, 2.45) is 52.3 Å². The van der Waals surface area contributed by atoms with Crippen LogP contribution in [0.25, 0.3) is 16.3 Å². The van der Waals surface area contributed by atoms with E-state index in [1.807, 2.05) is 39.0 Å². The summed E-state index contributed by atoms with van der Waals surface area (Å²) >= 11 is 0. The Labute approximate surface area is 333 Å². The van der Waals surface area contributed by atoms with Gasteiger partial charge in [0.15, 0.2) is 0 Å². The zero-order valence-corrected chi connectivity index (χ0v) is 34.9. The summed E-state index contributed by atoms with van der Waals surface area (Å²) in [5.41, 5.74) is 3.72. The molecule has 2 aromatic rings. The summed E-state index contributed by atoms with van der Waals surface area (Å²) in [6.07, 6.45) is 10.1. The van der Waals surface area contributed by atoms with Gasteiger partial charge < -0.3 is 14.2 Å². The first-order valence-electron chi connectivity index (χ1n) is 21.1. The fourth-order valence-electron chi connectivity index (χ4n) is 10.5. The lowest BCUT2D eigenvalue weighted by Gasteiger charge is -2.32. The summed E-state index contributed by atoms with van der Waals surface area (Å²) in [6, 6.07) is 10.3. The maximum absolute atomic E-state index is 14.9. The van der Waals surface area contributed by atoms with Crippen molar-refractivity contribution in [2.75, 3.05) is 7.11 Å². The predicted octanol–water partition coefficient (Wildman–Crippen LogP) is 10.5. The van der Waals surface area contributed by atoms with Crippen molar-refractivity contribution in [3.8, 4) is 11.5 Å². The second kappa shape index (κ2) is 15.4. The van der Waals surface area contributed by atoms with E-state index in [4.69, 9.17) is 14.2 Å². The highest BCUT2D eigenvalue weighted by atomic mass is 16.5. The first-order valence-corrected chi connectivity index (χ1v) is 21.1. The van der Waals surface area contributed by atoms with Crippen LogP contribution in [-0.4, -0.2) is 42.6 Å². The van der Waals surface area contributed by atoms with Gasteiger partial charge in [0, 0.05) is 35.0 Å². The van der Waals surface area contributed by atoms with Crippen LogP contribution in [0.5, 0.6) is 11.5 Å². The lowest BCUT2D eigenvalue weighted by atomic mass is 9.70. The number of benzene rings is 2. The molecule has 56 heavy (non-hydrogen) atoms. The molecule has 5 aliphatic rings. The Morgan fingerprint density at radius 3 is 2.30 bits per heavy atom. The molecule has 0 heterocycles. The molecule has 0 bridgehead atoms. The van der Waals surface area contributed by atoms with Gasteiger partial charge in [0.05, 0.1) is 13.5 Å². The van der Waals surface area contributed by atoms with Crippen LogP contribution in [0.4, 0.5) is 0 Å². The summed E-state index contributed by atoms with van der Waals surface area (Å²) in [7, 11) is 1.66. The molecule has 8 atom stereocenters. The maximum atomic E-state index is 14.9. The molecule has 7 nitrogen and oxygen atoms in total. The lowest BCUT2D eigenvalue weighted by molar-refractivity contribution is -0.154. The molecular formula is C49H62O7. The van der Waals surface area contributed by atoms with Gasteiger partial charge in [-0.05, 0) is 141 Å². The van der Waals surface area contributed by atoms with E-state index in [2.05, 4.69) is 45.6 Å². The Kier molecular flexibility index (Phi) is 11.1. The normalized spacial score (nSPS) is 29.9. The second-order valence-corrected chi connectivity index (χ2v) is 19.5. The van der Waals surface area contributed by atoms with Crippen molar-refractivity contribution in [3.05, 3.63) is 65.8 Å². The van der Waals surface area contributed by atoms with E-state index in [0.717, 1.165) is 47.8 Å². The highest BCUT2D eigenvalue weighted by Gasteiger charge is 2.59. The third-order valence-corrected chi connectivity index (χ3v) is 13.9. The number of Topliss-reactive ketones (excluding diaryl/α,β-unsaturated/α-hetero) is 3. The maximum Gasteiger partial charge on any atom is 0.306 e. The van der Waals surface area contributed by atoms with Gasteiger partial charge in [0.2, 0.25) is 0 Å². The minimum atomic E-state index is -0.751. The number of fused-ring (bicyclic) bond motifs is 2. The SMILES string of the molecule is C=CC1CC1(CC(=O)C1CC(Oc2cc(C3=C(C)CC(CC(C)C)=C3)cc3cc(OC)ccc23)CC1C(=O)C(CC(=O)OC1CC2CC2C1)C(C)(C)C)C(C)=O. The molecule has 0 aliphatic heterocycles. The highest BCUT2D eigenvalue weighted by molar-refractivity contribution is 5.98. The molecule has 4 saturated carbocycles. The van der Waals surface area contributed by atoms with Crippen LogP contribution in [0.2, 0.25) is 0 Å². The quantitative estimate of drug-likeness (QED) is 0.124. The van der Waals surface area contributed by atoms with E-state index in [-0.39, 0.29) is 48.2 Å². The van der Waals surface area contributed by atoms with E-state index in [1.165, 1.54) is 23.1 Å². The van der Waals surface area contributed by atoms with E-state index >= 15 is 0 Å². The molecule has 7 rings (SSSR count). The Balaban J connectivity index is 1.19. The fraction of sp³-hybridized carbons (Fsp3) is 0.592. The molecule has 8 unspecified atom stereocenters. The topological polar surface area (TPSA) is 96.0 Å². The van der Waals surface area contributed by atoms with Crippen LogP contribution in [0, 0.1) is 52.3 Å². The number of rotatable bonds is 16. The van der Waals surface area contributed by atoms with Crippen molar-refractivity contribution in [1.82, 2.24) is 0 Å². The molecule has 4 fully saturated rings. The van der Waals surface area contributed by atoms with E-state index < -0.39 is 34.7 Å². The number of ether oxygens (including phenoxy) is 3. The van der Waals surface area contributed by atoms with E-state index in [1.54, 1.807) is 20.1 Å². The van der Waals surface area contributed by atoms with Gasteiger partial charge in [0.1, 0.15) is 41.1 Å². The van der Waals surface area contributed by atoms with Crippen molar-refractivity contribution < 1.29 is 33.4 Å². The minimum Gasteiger partial charge on any atom is -0.497 e. The van der Waals surface area contributed by atoms with Crippen LogP contribution >= 0.6 is 0 Å². The number of allylic oxidation sites excluding steroid dienone is 5. The van der Waals surface area contributed by atoms with Crippen molar-refractivity contribution in [3.63, 3.8) is 0 Å². The molecule has 0 N–H and O–H groups in total. The lowest BCUT2D eigenvalue weighted by Crippen LogP contribution is -2.39. The number of carbonyl (C=O) groups excluding carboxylic acids is 4. The number of carbonyl (C=O) groups is 4. The number of ketones is 3. The molecule has 0 aromatic heterocycles. The first kappa shape index (κ1) is 40.2. The molecular weight excluding hydrogens is 701 g/mol. The Morgan fingerprint density at radius 2 is 1.68 bits per heavy atom. The van der Waals surface area contributed by atoms with E-state index in [9.17, 15) is 19.2 Å². The summed E-state index contributed by atoms with van der Waals surface area (Å²) in [5.74, 6) is 0.923. The Morgan fingerprint density at radius 1 is 0.964 bits per heavy atom. The average Bonchev–Trinajstić information content (AvgIpc) is 3.86. The zero-order chi connectivity index (χ0) is 40.3. The first-order chi connectivity index (χ1) is 26.5. The van der Waals surface area contributed by atoms with Crippen molar-refractivity contribution in [1.29, 1.82) is 0 Å². The van der Waals surface area contributed by atoms with Crippen molar-refractivity contribution in [2.45, 2.75) is 125 Å². The summed E-state index contributed by atoms with van der Waals surface area (Å²) in [4.78, 5) is 55.8. The molecule has 300 valence electrons. The highest BCUT2D eigenvalue weighted by Crippen LogP contribution is 2.58. The van der Waals surface area contributed by atoms with Gasteiger partial charge >= 0.3 is 5.97 Å². The van der Waals surface area contributed by atoms with Gasteiger partial charge in [-0.1, -0.05) is 57.9 Å². The molecule has 0 amide bonds. The van der Waals surface area contributed by atoms with Crippen LogP contribution in [0.15, 0.2) is 60.2 Å². The molecule has 7 heteroatoms. The van der Waals surface area contributed by atoms with Gasteiger partial charge in [-0.2, -0.15) is 0 Å². The van der Waals surface area contributed by atoms with Crippen molar-refractivity contribution >= 4 is 39.7 Å². The number of methoxy groups -OCH3 is 1. The second-order valence-electron chi connectivity index (χ2n) is 19.5. The summed E-state index contributed by atoms with van der Waals surface area (Å²) in [6.45, 7) is 18.1. The molecule has 0 radical (unpaired) electrons. The van der Waals surface area contributed by atoms with Crippen LogP contribution in [-0.2, 0) is 23.9 Å². The monoisotopic (exact) mass is 762 g/mol. The minimum absolute atomic E-state index is 0.00916.